The second-order valence-corrected chi connectivity index (χ2v) is 6.94. The molecule has 1 amide bonds. The van der Waals surface area contributed by atoms with E-state index in [0.29, 0.717) is 11.7 Å². The number of ether oxygens (including phenoxy) is 1. The lowest BCUT2D eigenvalue weighted by Crippen LogP contribution is -2.40. The Morgan fingerprint density at radius 3 is 2.88 bits per heavy atom. The molecular weight excluding hydrogens is 316 g/mol. The number of imidazole rings is 1. The number of hydrogen-bond donors (Lipinski definition) is 2. The molecule has 0 radical (unpaired) electrons. The lowest BCUT2D eigenvalue weighted by atomic mass is 9.99. The van der Waals surface area contributed by atoms with E-state index < -0.39 is 0 Å². The number of rotatable bonds is 5. The molecule has 1 aromatic carbocycles. The van der Waals surface area contributed by atoms with Gasteiger partial charge >= 0.3 is 0 Å². The molecule has 1 saturated carbocycles. The summed E-state index contributed by atoms with van der Waals surface area (Å²) in [7, 11) is 1.69. The van der Waals surface area contributed by atoms with Crippen molar-refractivity contribution in [2.75, 3.05) is 13.7 Å². The zero-order valence-corrected chi connectivity index (χ0v) is 14.7. The maximum absolute atomic E-state index is 12.6. The van der Waals surface area contributed by atoms with Crippen LogP contribution >= 0.6 is 0 Å². The summed E-state index contributed by atoms with van der Waals surface area (Å²) in [5.74, 6) is 1.52. The van der Waals surface area contributed by atoms with Gasteiger partial charge in [-0.15, -0.1) is 0 Å². The van der Waals surface area contributed by atoms with Crippen LogP contribution in [-0.2, 0) is 0 Å². The number of aromatic nitrogens is 2. The minimum Gasteiger partial charge on any atom is -0.497 e. The van der Waals surface area contributed by atoms with Gasteiger partial charge in [-0.05, 0) is 43.9 Å². The standard InChI is InChI=1S/C19H24N4O2/c1-12-20-11-17(21-12)19(24)22-16-8-9-23(14-6-7-14)18(16)13-4-3-5-15(10-13)25-2/h3-5,10-11,14,16,18H,6-9H2,1-2H3,(H,20,21)(H,22,24)/t16-,18+/m1/s1. The van der Waals surface area contributed by atoms with Gasteiger partial charge in [0.05, 0.1) is 25.4 Å². The summed E-state index contributed by atoms with van der Waals surface area (Å²) in [5.41, 5.74) is 1.72. The van der Waals surface area contributed by atoms with Crippen LogP contribution in [0.4, 0.5) is 0 Å². The Balaban J connectivity index is 1.58. The molecule has 2 atom stereocenters. The van der Waals surface area contributed by atoms with Crippen molar-refractivity contribution in [1.82, 2.24) is 20.2 Å². The highest BCUT2D eigenvalue weighted by molar-refractivity contribution is 5.92. The fourth-order valence-electron chi connectivity index (χ4n) is 3.81. The Morgan fingerprint density at radius 1 is 1.36 bits per heavy atom. The molecule has 1 aromatic heterocycles. The van der Waals surface area contributed by atoms with E-state index in [1.807, 2.05) is 19.1 Å². The summed E-state index contributed by atoms with van der Waals surface area (Å²) in [5, 5.41) is 3.21. The largest absolute Gasteiger partial charge is 0.497 e. The van der Waals surface area contributed by atoms with Gasteiger partial charge in [-0.3, -0.25) is 9.69 Å². The Hall–Kier alpha value is -2.34. The molecule has 2 fully saturated rings. The predicted molar refractivity (Wildman–Crippen MR) is 94.7 cm³/mol. The molecule has 2 heterocycles. The third-order valence-corrected chi connectivity index (χ3v) is 5.15. The summed E-state index contributed by atoms with van der Waals surface area (Å²) in [6.45, 7) is 2.86. The molecule has 2 aromatic rings. The maximum atomic E-state index is 12.6. The van der Waals surface area contributed by atoms with Gasteiger partial charge < -0.3 is 15.0 Å². The fraction of sp³-hybridized carbons (Fsp3) is 0.474. The number of H-pyrrole nitrogens is 1. The average Bonchev–Trinajstić information content (AvgIpc) is 3.24. The Kier molecular flexibility index (Phi) is 4.21. The molecular formula is C19H24N4O2. The summed E-state index contributed by atoms with van der Waals surface area (Å²) in [6.07, 6.45) is 5.05. The first kappa shape index (κ1) is 16.1. The SMILES string of the molecule is COc1cccc([C@H]2[C@H](NC(=O)c3cnc(C)[nH]3)CCN2C2CC2)c1. The smallest absolute Gasteiger partial charge is 0.269 e. The third kappa shape index (κ3) is 3.26. The zero-order valence-electron chi connectivity index (χ0n) is 14.7. The monoisotopic (exact) mass is 340 g/mol. The molecule has 0 spiro atoms. The van der Waals surface area contributed by atoms with Crippen LogP contribution in [0.3, 0.4) is 0 Å². The normalized spacial score (nSPS) is 23.6. The number of likely N-dealkylation sites (tertiary alicyclic amines) is 1. The van der Waals surface area contributed by atoms with Crippen LogP contribution in [-0.4, -0.2) is 46.5 Å². The third-order valence-electron chi connectivity index (χ3n) is 5.15. The molecule has 132 valence electrons. The van der Waals surface area contributed by atoms with Gasteiger partial charge in [0.2, 0.25) is 0 Å². The second kappa shape index (κ2) is 6.52. The van der Waals surface area contributed by atoms with Crippen molar-refractivity contribution in [3.05, 3.63) is 47.5 Å². The molecule has 0 bridgehead atoms. The number of carbonyl (C=O) groups is 1. The number of methoxy groups -OCH3 is 1. The van der Waals surface area contributed by atoms with Crippen molar-refractivity contribution in [1.29, 1.82) is 0 Å². The number of nitrogens with one attached hydrogen (secondary N) is 2. The molecule has 6 nitrogen and oxygen atoms in total. The number of hydrogen-bond acceptors (Lipinski definition) is 4. The van der Waals surface area contributed by atoms with E-state index in [9.17, 15) is 4.79 Å². The van der Waals surface area contributed by atoms with Crippen molar-refractivity contribution in [2.24, 2.45) is 0 Å². The number of aromatic amines is 1. The fourth-order valence-corrected chi connectivity index (χ4v) is 3.81. The number of aryl methyl sites for hydroxylation is 1. The van der Waals surface area contributed by atoms with Gasteiger partial charge in [0.25, 0.3) is 5.91 Å². The summed E-state index contributed by atoms with van der Waals surface area (Å²) in [4.78, 5) is 22.3. The van der Waals surface area contributed by atoms with E-state index in [1.165, 1.54) is 18.4 Å². The highest BCUT2D eigenvalue weighted by atomic mass is 16.5. The van der Waals surface area contributed by atoms with E-state index in [1.54, 1.807) is 13.3 Å². The second-order valence-electron chi connectivity index (χ2n) is 6.94. The van der Waals surface area contributed by atoms with E-state index in [4.69, 9.17) is 4.74 Å². The molecule has 4 rings (SSSR count). The quantitative estimate of drug-likeness (QED) is 0.877. The lowest BCUT2D eigenvalue weighted by Gasteiger charge is -2.29. The number of carbonyl (C=O) groups excluding carboxylic acids is 1. The van der Waals surface area contributed by atoms with Gasteiger partial charge in [0.1, 0.15) is 17.3 Å². The van der Waals surface area contributed by atoms with Gasteiger partial charge in [-0.1, -0.05) is 12.1 Å². The summed E-state index contributed by atoms with van der Waals surface area (Å²) >= 11 is 0. The van der Waals surface area contributed by atoms with Crippen LogP contribution in [0.25, 0.3) is 0 Å². The van der Waals surface area contributed by atoms with Crippen LogP contribution in [0, 0.1) is 6.92 Å². The highest BCUT2D eigenvalue weighted by Gasteiger charge is 2.43. The number of amides is 1. The molecule has 6 heteroatoms. The van der Waals surface area contributed by atoms with Crippen LogP contribution < -0.4 is 10.1 Å². The highest BCUT2D eigenvalue weighted by Crippen LogP contribution is 2.41. The van der Waals surface area contributed by atoms with Crippen molar-refractivity contribution in [2.45, 2.75) is 44.3 Å². The summed E-state index contributed by atoms with van der Waals surface area (Å²) < 4.78 is 5.40. The van der Waals surface area contributed by atoms with Crippen LogP contribution in [0.1, 0.15) is 47.2 Å². The van der Waals surface area contributed by atoms with E-state index >= 15 is 0 Å². The van der Waals surface area contributed by atoms with Gasteiger partial charge in [0, 0.05) is 12.6 Å². The number of nitrogens with zero attached hydrogens (tertiary/aromatic N) is 2. The van der Waals surface area contributed by atoms with Gasteiger partial charge in [-0.2, -0.15) is 0 Å². The van der Waals surface area contributed by atoms with E-state index in [-0.39, 0.29) is 18.0 Å². The Labute approximate surface area is 147 Å². The van der Waals surface area contributed by atoms with Crippen molar-refractivity contribution in [3.63, 3.8) is 0 Å². The molecule has 2 aliphatic rings. The van der Waals surface area contributed by atoms with Crippen molar-refractivity contribution in [3.8, 4) is 5.75 Å². The average molecular weight is 340 g/mol. The zero-order chi connectivity index (χ0) is 17.4. The Morgan fingerprint density at radius 2 is 2.20 bits per heavy atom. The van der Waals surface area contributed by atoms with Gasteiger partial charge in [0.15, 0.2) is 0 Å². The van der Waals surface area contributed by atoms with Crippen LogP contribution in [0.2, 0.25) is 0 Å². The molecule has 0 unspecified atom stereocenters. The minimum absolute atomic E-state index is 0.0869. The minimum atomic E-state index is -0.0869. The summed E-state index contributed by atoms with van der Waals surface area (Å²) in [6, 6.07) is 9.13. The molecule has 1 aliphatic carbocycles. The molecule has 1 saturated heterocycles. The number of benzene rings is 1. The van der Waals surface area contributed by atoms with Crippen molar-refractivity contribution >= 4 is 5.91 Å². The van der Waals surface area contributed by atoms with Crippen LogP contribution in [0.15, 0.2) is 30.5 Å². The first-order valence-corrected chi connectivity index (χ1v) is 8.88. The topological polar surface area (TPSA) is 70.2 Å². The first-order valence-electron chi connectivity index (χ1n) is 8.88. The lowest BCUT2D eigenvalue weighted by molar-refractivity contribution is 0.0919. The van der Waals surface area contributed by atoms with Crippen molar-refractivity contribution < 1.29 is 9.53 Å². The first-order chi connectivity index (χ1) is 12.2. The molecule has 25 heavy (non-hydrogen) atoms. The predicted octanol–water partition coefficient (Wildman–Crippen LogP) is 2.43. The van der Waals surface area contributed by atoms with E-state index in [0.717, 1.165) is 24.5 Å². The van der Waals surface area contributed by atoms with Gasteiger partial charge in [-0.25, -0.2) is 4.98 Å². The maximum Gasteiger partial charge on any atom is 0.269 e. The Bertz CT molecular complexity index is 768. The van der Waals surface area contributed by atoms with E-state index in [2.05, 4.69) is 32.3 Å². The van der Waals surface area contributed by atoms with Crippen LogP contribution in [0.5, 0.6) is 5.75 Å². The molecule has 1 aliphatic heterocycles. The molecule has 2 N–H and O–H groups in total.